The van der Waals surface area contributed by atoms with Gasteiger partial charge in [0.25, 0.3) is 0 Å². The van der Waals surface area contributed by atoms with E-state index in [-0.39, 0.29) is 18.4 Å². The maximum atomic E-state index is 11.9. The number of likely N-dealkylation sites (tertiary alicyclic amines) is 1. The van der Waals surface area contributed by atoms with Gasteiger partial charge in [0.15, 0.2) is 0 Å². The van der Waals surface area contributed by atoms with E-state index in [0.717, 1.165) is 11.1 Å². The SMILES string of the molecule is NCc1ccccc1CC(=O)N1CC(CO)C1. The van der Waals surface area contributed by atoms with Gasteiger partial charge in [0.2, 0.25) is 5.91 Å². The van der Waals surface area contributed by atoms with Crippen molar-refractivity contribution in [2.75, 3.05) is 19.7 Å². The Balaban J connectivity index is 1.95. The number of aliphatic hydroxyl groups excluding tert-OH is 1. The van der Waals surface area contributed by atoms with Crippen LogP contribution in [-0.4, -0.2) is 35.6 Å². The van der Waals surface area contributed by atoms with Crippen molar-refractivity contribution in [3.63, 3.8) is 0 Å². The van der Waals surface area contributed by atoms with Crippen LogP contribution in [0.15, 0.2) is 24.3 Å². The predicted molar refractivity (Wildman–Crippen MR) is 65.2 cm³/mol. The molecule has 2 rings (SSSR count). The van der Waals surface area contributed by atoms with Crippen molar-refractivity contribution in [2.45, 2.75) is 13.0 Å². The van der Waals surface area contributed by atoms with E-state index >= 15 is 0 Å². The van der Waals surface area contributed by atoms with Gasteiger partial charge < -0.3 is 15.7 Å². The molecule has 1 aliphatic heterocycles. The van der Waals surface area contributed by atoms with E-state index < -0.39 is 0 Å². The molecule has 0 atom stereocenters. The number of carbonyl (C=O) groups excluding carboxylic acids is 1. The maximum Gasteiger partial charge on any atom is 0.227 e. The van der Waals surface area contributed by atoms with Gasteiger partial charge >= 0.3 is 0 Å². The number of nitrogens with zero attached hydrogens (tertiary/aromatic N) is 1. The monoisotopic (exact) mass is 234 g/mol. The molecule has 1 saturated heterocycles. The first kappa shape index (κ1) is 12.1. The zero-order chi connectivity index (χ0) is 12.3. The lowest BCUT2D eigenvalue weighted by atomic mass is 9.98. The molecule has 3 N–H and O–H groups in total. The van der Waals surface area contributed by atoms with Crippen molar-refractivity contribution in [3.05, 3.63) is 35.4 Å². The van der Waals surface area contributed by atoms with Crippen LogP contribution in [0.1, 0.15) is 11.1 Å². The van der Waals surface area contributed by atoms with E-state index in [1.807, 2.05) is 24.3 Å². The van der Waals surface area contributed by atoms with Gasteiger partial charge in [-0.05, 0) is 11.1 Å². The summed E-state index contributed by atoms with van der Waals surface area (Å²) in [5.74, 6) is 0.388. The number of amides is 1. The largest absolute Gasteiger partial charge is 0.396 e. The molecule has 0 unspecified atom stereocenters. The molecule has 1 aliphatic rings. The highest BCUT2D eigenvalue weighted by molar-refractivity contribution is 5.79. The molecule has 1 amide bonds. The number of aliphatic hydroxyl groups is 1. The average Bonchev–Trinajstić information content (AvgIpc) is 2.28. The van der Waals surface area contributed by atoms with Gasteiger partial charge in [0, 0.05) is 32.2 Å². The molecule has 0 spiro atoms. The van der Waals surface area contributed by atoms with Gasteiger partial charge in [-0.15, -0.1) is 0 Å². The Labute approximate surface area is 101 Å². The van der Waals surface area contributed by atoms with Crippen LogP contribution >= 0.6 is 0 Å². The quantitative estimate of drug-likeness (QED) is 0.778. The first-order valence-electron chi connectivity index (χ1n) is 5.90. The first-order chi connectivity index (χ1) is 8.24. The molecule has 1 heterocycles. The normalized spacial score (nSPS) is 15.8. The molecular weight excluding hydrogens is 216 g/mol. The van der Waals surface area contributed by atoms with Gasteiger partial charge in [0.1, 0.15) is 0 Å². The average molecular weight is 234 g/mol. The van der Waals surface area contributed by atoms with Crippen molar-refractivity contribution in [2.24, 2.45) is 11.7 Å². The summed E-state index contributed by atoms with van der Waals surface area (Å²) in [7, 11) is 0. The lowest BCUT2D eigenvalue weighted by molar-refractivity contribution is -0.137. The van der Waals surface area contributed by atoms with Crippen molar-refractivity contribution >= 4 is 5.91 Å². The maximum absolute atomic E-state index is 11.9. The summed E-state index contributed by atoms with van der Waals surface area (Å²) in [6.45, 7) is 1.99. The smallest absolute Gasteiger partial charge is 0.227 e. The van der Waals surface area contributed by atoms with Crippen molar-refractivity contribution in [1.82, 2.24) is 4.90 Å². The minimum atomic E-state index is 0.121. The summed E-state index contributed by atoms with van der Waals surface area (Å²) in [5, 5.41) is 8.90. The third kappa shape index (κ3) is 2.65. The molecule has 92 valence electrons. The van der Waals surface area contributed by atoms with E-state index in [1.165, 1.54) is 0 Å². The third-order valence-corrected chi connectivity index (χ3v) is 3.25. The highest BCUT2D eigenvalue weighted by Crippen LogP contribution is 2.17. The molecular formula is C13H18N2O2. The minimum absolute atomic E-state index is 0.121. The Kier molecular flexibility index (Phi) is 3.76. The zero-order valence-corrected chi connectivity index (χ0v) is 9.80. The van der Waals surface area contributed by atoms with Crippen LogP contribution < -0.4 is 5.73 Å². The Bertz CT molecular complexity index is 400. The minimum Gasteiger partial charge on any atom is -0.396 e. The fourth-order valence-corrected chi connectivity index (χ4v) is 2.09. The molecule has 4 nitrogen and oxygen atoms in total. The van der Waals surface area contributed by atoms with Crippen molar-refractivity contribution in [1.29, 1.82) is 0 Å². The molecule has 17 heavy (non-hydrogen) atoms. The third-order valence-electron chi connectivity index (χ3n) is 3.25. The lowest BCUT2D eigenvalue weighted by Gasteiger charge is -2.38. The number of benzene rings is 1. The van der Waals surface area contributed by atoms with Gasteiger partial charge in [-0.1, -0.05) is 24.3 Å². The first-order valence-corrected chi connectivity index (χ1v) is 5.90. The summed E-state index contributed by atoms with van der Waals surface area (Å²) in [6, 6.07) is 7.76. The van der Waals surface area contributed by atoms with Gasteiger partial charge in [0.05, 0.1) is 6.42 Å². The van der Waals surface area contributed by atoms with Crippen molar-refractivity contribution < 1.29 is 9.90 Å². The molecule has 0 aliphatic carbocycles. The number of carbonyl (C=O) groups is 1. The van der Waals surface area contributed by atoms with E-state index in [9.17, 15) is 4.79 Å². The highest BCUT2D eigenvalue weighted by atomic mass is 16.3. The molecule has 1 aromatic carbocycles. The topological polar surface area (TPSA) is 66.6 Å². The summed E-state index contributed by atoms with van der Waals surface area (Å²) in [5.41, 5.74) is 7.67. The number of hydrogen-bond donors (Lipinski definition) is 2. The summed E-state index contributed by atoms with van der Waals surface area (Å²) < 4.78 is 0. The Morgan fingerprint density at radius 1 is 1.35 bits per heavy atom. The van der Waals surface area contributed by atoms with E-state index in [0.29, 0.717) is 26.1 Å². The van der Waals surface area contributed by atoms with Crippen LogP contribution in [0.2, 0.25) is 0 Å². The summed E-state index contributed by atoms with van der Waals surface area (Å²) >= 11 is 0. The van der Waals surface area contributed by atoms with E-state index in [2.05, 4.69) is 0 Å². The van der Waals surface area contributed by atoms with Crippen LogP contribution in [0.3, 0.4) is 0 Å². The molecule has 1 fully saturated rings. The molecule has 0 saturated carbocycles. The van der Waals surface area contributed by atoms with Crippen LogP contribution in [0.4, 0.5) is 0 Å². The van der Waals surface area contributed by atoms with Crippen LogP contribution in [0.5, 0.6) is 0 Å². The fraction of sp³-hybridized carbons (Fsp3) is 0.462. The van der Waals surface area contributed by atoms with Gasteiger partial charge in [-0.3, -0.25) is 4.79 Å². The van der Waals surface area contributed by atoms with Gasteiger partial charge in [-0.25, -0.2) is 0 Å². The number of nitrogens with two attached hydrogens (primary N) is 1. The predicted octanol–water partition coefficient (Wildman–Crippen LogP) is 0.138. The van der Waals surface area contributed by atoms with E-state index in [1.54, 1.807) is 4.90 Å². The number of hydrogen-bond acceptors (Lipinski definition) is 3. The standard InChI is InChI=1S/C13H18N2O2/c14-6-12-4-2-1-3-11(12)5-13(17)15-7-10(8-15)9-16/h1-4,10,16H,5-9,14H2. The zero-order valence-electron chi connectivity index (χ0n) is 9.80. The fourth-order valence-electron chi connectivity index (χ4n) is 2.09. The summed E-state index contributed by atoms with van der Waals surface area (Å²) in [6.07, 6.45) is 0.408. The van der Waals surface area contributed by atoms with Crippen LogP contribution in [-0.2, 0) is 17.8 Å². The number of rotatable bonds is 4. The van der Waals surface area contributed by atoms with Crippen molar-refractivity contribution in [3.8, 4) is 0 Å². The Morgan fingerprint density at radius 3 is 2.59 bits per heavy atom. The van der Waals surface area contributed by atoms with Crippen LogP contribution in [0, 0.1) is 5.92 Å². The van der Waals surface area contributed by atoms with E-state index in [4.69, 9.17) is 10.8 Å². The lowest BCUT2D eigenvalue weighted by Crippen LogP contribution is -2.51. The molecule has 0 bridgehead atoms. The summed E-state index contributed by atoms with van der Waals surface area (Å²) in [4.78, 5) is 13.7. The Hall–Kier alpha value is -1.39. The van der Waals surface area contributed by atoms with Gasteiger partial charge in [-0.2, -0.15) is 0 Å². The molecule has 0 radical (unpaired) electrons. The van der Waals surface area contributed by atoms with Crippen LogP contribution in [0.25, 0.3) is 0 Å². The molecule has 4 heteroatoms. The second-order valence-corrected chi connectivity index (χ2v) is 4.50. The highest BCUT2D eigenvalue weighted by Gasteiger charge is 2.29. The molecule has 1 aromatic rings. The second-order valence-electron chi connectivity index (χ2n) is 4.50. The Morgan fingerprint density at radius 2 is 2.00 bits per heavy atom. The second kappa shape index (κ2) is 5.29. The molecule has 0 aromatic heterocycles.